The molecule has 0 aromatic heterocycles. The van der Waals surface area contributed by atoms with E-state index < -0.39 is 0 Å². The number of halogens is 1. The summed E-state index contributed by atoms with van der Waals surface area (Å²) in [6.45, 7) is 1.99. The molecular weight excluding hydrogens is 408 g/mol. The van der Waals surface area contributed by atoms with E-state index in [1.165, 1.54) is 0 Å². The molecule has 0 saturated carbocycles. The van der Waals surface area contributed by atoms with Gasteiger partial charge in [-0.1, -0.05) is 17.7 Å². The first kappa shape index (κ1) is 20.1. The summed E-state index contributed by atoms with van der Waals surface area (Å²) < 4.78 is 5.19. The van der Waals surface area contributed by atoms with Gasteiger partial charge in [-0.2, -0.15) is 0 Å². The second-order valence-corrected chi connectivity index (χ2v) is 9.18. The van der Waals surface area contributed by atoms with E-state index in [1.807, 2.05) is 45.8 Å². The van der Waals surface area contributed by atoms with Crippen LogP contribution in [0.4, 0.5) is 0 Å². The van der Waals surface area contributed by atoms with Gasteiger partial charge in [-0.25, -0.2) is 0 Å². The van der Waals surface area contributed by atoms with Gasteiger partial charge in [0, 0.05) is 41.5 Å². The number of methoxy groups -OCH3 is 1. The van der Waals surface area contributed by atoms with E-state index in [0.29, 0.717) is 29.2 Å². The van der Waals surface area contributed by atoms with Crippen molar-refractivity contribution in [3.8, 4) is 5.75 Å². The number of hydrogen-bond acceptors (Lipinski definition) is 4. The lowest BCUT2D eigenvalue weighted by atomic mass is 10.00. The van der Waals surface area contributed by atoms with Crippen molar-refractivity contribution in [2.24, 2.45) is 0 Å². The van der Waals surface area contributed by atoms with Crippen LogP contribution in [0, 0.1) is 0 Å². The second-order valence-electron chi connectivity index (χ2n) is 7.28. The van der Waals surface area contributed by atoms with Gasteiger partial charge in [0.05, 0.1) is 12.0 Å². The molecule has 2 fully saturated rings. The molecule has 2 aliphatic heterocycles. The van der Waals surface area contributed by atoms with Gasteiger partial charge in [0.15, 0.2) is 0 Å². The molecule has 29 heavy (non-hydrogen) atoms. The lowest BCUT2D eigenvalue weighted by Gasteiger charge is -2.44. The Bertz CT molecular complexity index is 911. The van der Waals surface area contributed by atoms with Crippen molar-refractivity contribution in [3.63, 3.8) is 0 Å². The molecule has 4 rings (SSSR count). The Balaban J connectivity index is 1.46. The Kier molecular flexibility index (Phi) is 5.74. The molecule has 2 aromatic rings. The van der Waals surface area contributed by atoms with Gasteiger partial charge >= 0.3 is 0 Å². The van der Waals surface area contributed by atoms with E-state index in [0.717, 1.165) is 30.9 Å². The highest BCUT2D eigenvalue weighted by Gasteiger charge is 2.47. The van der Waals surface area contributed by atoms with Crippen molar-refractivity contribution in [2.45, 2.75) is 17.7 Å². The predicted molar refractivity (Wildman–Crippen MR) is 116 cm³/mol. The molecule has 0 bridgehead atoms. The third kappa shape index (κ3) is 3.96. The Hall–Kier alpha value is -2.18. The van der Waals surface area contributed by atoms with Crippen molar-refractivity contribution in [2.75, 3.05) is 32.5 Å². The fraction of sp³-hybridized carbons (Fsp3) is 0.364. The first-order chi connectivity index (χ1) is 14.0. The average molecular weight is 431 g/mol. The number of piperidine rings is 1. The zero-order chi connectivity index (χ0) is 20.4. The van der Waals surface area contributed by atoms with Crippen molar-refractivity contribution in [1.82, 2.24) is 9.80 Å². The molecule has 7 heteroatoms. The van der Waals surface area contributed by atoms with E-state index in [4.69, 9.17) is 16.3 Å². The number of carbonyl (C=O) groups is 2. The molecule has 2 aromatic carbocycles. The third-order valence-corrected chi connectivity index (χ3v) is 7.45. The van der Waals surface area contributed by atoms with Crippen LogP contribution in [0.15, 0.2) is 48.5 Å². The number of hydrogen-bond donors (Lipinski definition) is 0. The van der Waals surface area contributed by atoms with Crippen molar-refractivity contribution in [3.05, 3.63) is 64.7 Å². The predicted octanol–water partition coefficient (Wildman–Crippen LogP) is 4.17. The summed E-state index contributed by atoms with van der Waals surface area (Å²) in [6.07, 6.45) is 1.54. The number of rotatable bonds is 3. The normalized spacial score (nSPS) is 18.1. The zero-order valence-corrected chi connectivity index (χ0v) is 17.8. The van der Waals surface area contributed by atoms with Gasteiger partial charge in [-0.05, 0) is 55.3 Å². The molecule has 0 radical (unpaired) electrons. The average Bonchev–Trinajstić information content (AvgIpc) is 3.16. The van der Waals surface area contributed by atoms with Gasteiger partial charge in [-0.15, -0.1) is 11.8 Å². The monoisotopic (exact) mass is 430 g/mol. The highest BCUT2D eigenvalue weighted by atomic mass is 35.5. The first-order valence-corrected chi connectivity index (χ1v) is 11.0. The molecule has 5 nitrogen and oxygen atoms in total. The van der Waals surface area contributed by atoms with Gasteiger partial charge in [0.25, 0.3) is 11.8 Å². The zero-order valence-electron chi connectivity index (χ0n) is 16.3. The Labute approximate surface area is 180 Å². The molecule has 0 atom stereocenters. The van der Waals surface area contributed by atoms with Crippen LogP contribution in [0.2, 0.25) is 5.02 Å². The molecule has 0 aliphatic carbocycles. The largest absolute Gasteiger partial charge is 0.497 e. The molecule has 2 heterocycles. The second kappa shape index (κ2) is 8.28. The topological polar surface area (TPSA) is 49.9 Å². The summed E-state index contributed by atoms with van der Waals surface area (Å²) in [5.74, 6) is 1.70. The number of ether oxygens (including phenoxy) is 1. The first-order valence-electron chi connectivity index (χ1n) is 9.67. The summed E-state index contributed by atoms with van der Waals surface area (Å²) in [4.78, 5) is 29.6. The Morgan fingerprint density at radius 1 is 1.00 bits per heavy atom. The van der Waals surface area contributed by atoms with E-state index >= 15 is 0 Å². The quantitative estimate of drug-likeness (QED) is 0.733. The maximum Gasteiger partial charge on any atom is 0.255 e. The molecule has 2 amide bonds. The third-order valence-electron chi connectivity index (χ3n) is 5.66. The van der Waals surface area contributed by atoms with E-state index in [-0.39, 0.29) is 16.7 Å². The van der Waals surface area contributed by atoms with Crippen molar-refractivity contribution < 1.29 is 14.3 Å². The number of likely N-dealkylation sites (tertiary alicyclic amines) is 1. The molecule has 1 spiro atoms. The lowest BCUT2D eigenvalue weighted by Crippen LogP contribution is -2.53. The van der Waals surface area contributed by atoms with Gasteiger partial charge in [0.2, 0.25) is 0 Å². The van der Waals surface area contributed by atoms with Crippen LogP contribution in [-0.2, 0) is 0 Å². The minimum Gasteiger partial charge on any atom is -0.497 e. The highest BCUT2D eigenvalue weighted by molar-refractivity contribution is 8.00. The van der Waals surface area contributed by atoms with Crippen LogP contribution < -0.4 is 4.74 Å². The summed E-state index contributed by atoms with van der Waals surface area (Å²) in [5, 5.41) is 0.562. The minimum atomic E-state index is -0.234. The van der Waals surface area contributed by atoms with Crippen LogP contribution in [0.3, 0.4) is 0 Å². The molecule has 2 aliphatic rings. The number of carbonyl (C=O) groups excluding carboxylic acids is 2. The SMILES string of the molecule is COc1ccc(C(=O)N2CCSC23CCN(C(=O)c2cccc(Cl)c2)CC3)cc1. The van der Waals surface area contributed by atoms with Crippen LogP contribution in [0.5, 0.6) is 5.75 Å². The molecular formula is C22H23ClN2O3S. The summed E-state index contributed by atoms with van der Waals surface area (Å²) in [5.41, 5.74) is 1.28. The number of thioether (sulfide) groups is 1. The lowest BCUT2D eigenvalue weighted by molar-refractivity contribution is 0.0498. The minimum absolute atomic E-state index is 0.00150. The smallest absolute Gasteiger partial charge is 0.255 e. The van der Waals surface area contributed by atoms with E-state index in [1.54, 1.807) is 31.4 Å². The number of benzene rings is 2. The molecule has 0 N–H and O–H groups in total. The van der Waals surface area contributed by atoms with Crippen LogP contribution in [-0.4, -0.2) is 59.0 Å². The van der Waals surface area contributed by atoms with E-state index in [2.05, 4.69) is 0 Å². The van der Waals surface area contributed by atoms with Gasteiger partial charge in [0.1, 0.15) is 5.75 Å². The number of amides is 2. The van der Waals surface area contributed by atoms with Gasteiger partial charge in [-0.3, -0.25) is 9.59 Å². The molecule has 2 saturated heterocycles. The van der Waals surface area contributed by atoms with Crippen LogP contribution >= 0.6 is 23.4 Å². The van der Waals surface area contributed by atoms with Crippen molar-refractivity contribution in [1.29, 1.82) is 0 Å². The molecule has 0 unspecified atom stereocenters. The summed E-state index contributed by atoms with van der Waals surface area (Å²) in [7, 11) is 1.61. The van der Waals surface area contributed by atoms with Crippen LogP contribution in [0.25, 0.3) is 0 Å². The Morgan fingerprint density at radius 3 is 2.38 bits per heavy atom. The number of nitrogens with zero attached hydrogens (tertiary/aromatic N) is 2. The fourth-order valence-corrected chi connectivity index (χ4v) is 5.71. The highest BCUT2D eigenvalue weighted by Crippen LogP contribution is 2.44. The fourth-order valence-electron chi connectivity index (χ4n) is 4.06. The summed E-state index contributed by atoms with van der Waals surface area (Å²) >= 11 is 7.87. The Morgan fingerprint density at radius 2 is 1.72 bits per heavy atom. The maximum absolute atomic E-state index is 13.2. The van der Waals surface area contributed by atoms with Crippen LogP contribution in [0.1, 0.15) is 33.6 Å². The standard InChI is InChI=1S/C22H23ClN2O3S/c1-28-19-7-5-16(6-8-19)21(27)25-13-14-29-22(25)9-11-24(12-10-22)20(26)17-3-2-4-18(23)15-17/h2-8,15H,9-14H2,1H3. The van der Waals surface area contributed by atoms with Crippen molar-refractivity contribution >= 4 is 35.2 Å². The van der Waals surface area contributed by atoms with E-state index in [9.17, 15) is 9.59 Å². The van der Waals surface area contributed by atoms with Gasteiger partial charge < -0.3 is 14.5 Å². The maximum atomic E-state index is 13.2. The molecule has 152 valence electrons. The summed E-state index contributed by atoms with van der Waals surface area (Å²) in [6, 6.07) is 14.3.